The lowest BCUT2D eigenvalue weighted by Crippen LogP contribution is -1.90. The Kier molecular flexibility index (Phi) is 2.70. The second-order valence-corrected chi connectivity index (χ2v) is 3.52. The van der Waals surface area contributed by atoms with E-state index in [-0.39, 0.29) is 5.89 Å². The number of aliphatic hydroxyl groups excluding tert-OH is 1. The topological polar surface area (TPSA) is 59.2 Å². The smallest absolute Gasteiger partial charge is 0.255 e. The van der Waals surface area contributed by atoms with Gasteiger partial charge < -0.3 is 9.63 Å². The van der Waals surface area contributed by atoms with E-state index in [1.165, 1.54) is 0 Å². The van der Waals surface area contributed by atoms with Crippen LogP contribution in [0.5, 0.6) is 0 Å². The summed E-state index contributed by atoms with van der Waals surface area (Å²) in [6.45, 7) is 1.56. The molecule has 1 N–H and O–H groups in total. The molecule has 0 aliphatic carbocycles. The zero-order chi connectivity index (χ0) is 10.8. The molecular formula is C10H9ClN2O2. The molecule has 2 aromatic rings. The molecular weight excluding hydrogens is 216 g/mol. The van der Waals surface area contributed by atoms with E-state index in [4.69, 9.17) is 16.1 Å². The van der Waals surface area contributed by atoms with Gasteiger partial charge in [0, 0.05) is 5.56 Å². The molecule has 78 valence electrons. The number of hydrogen-bond acceptors (Lipinski definition) is 4. The summed E-state index contributed by atoms with van der Waals surface area (Å²) in [5.41, 5.74) is 0.690. The van der Waals surface area contributed by atoms with Gasteiger partial charge in [0.25, 0.3) is 5.89 Å². The van der Waals surface area contributed by atoms with Gasteiger partial charge in [-0.15, -0.1) is 0 Å². The summed E-state index contributed by atoms with van der Waals surface area (Å²) < 4.78 is 4.87. The molecule has 0 aliphatic rings. The van der Waals surface area contributed by atoms with Gasteiger partial charge in [-0.2, -0.15) is 4.98 Å². The van der Waals surface area contributed by atoms with Crippen molar-refractivity contribution in [3.05, 3.63) is 35.2 Å². The highest BCUT2D eigenvalue weighted by molar-refractivity contribution is 6.33. The van der Waals surface area contributed by atoms with Gasteiger partial charge in [0.1, 0.15) is 6.10 Å². The van der Waals surface area contributed by atoms with Crippen molar-refractivity contribution < 1.29 is 9.63 Å². The minimum absolute atomic E-state index is 0.185. The molecule has 0 amide bonds. The third-order valence-corrected chi connectivity index (χ3v) is 2.24. The highest BCUT2D eigenvalue weighted by Gasteiger charge is 2.13. The van der Waals surface area contributed by atoms with Crippen molar-refractivity contribution >= 4 is 11.6 Å². The molecule has 0 spiro atoms. The van der Waals surface area contributed by atoms with Crippen molar-refractivity contribution in [2.75, 3.05) is 0 Å². The average Bonchev–Trinajstić information content (AvgIpc) is 2.67. The molecule has 0 bridgehead atoms. The fraction of sp³-hybridized carbons (Fsp3) is 0.200. The van der Waals surface area contributed by atoms with E-state index in [9.17, 15) is 5.11 Å². The first-order valence-corrected chi connectivity index (χ1v) is 4.83. The molecule has 0 unspecified atom stereocenters. The van der Waals surface area contributed by atoms with Crippen molar-refractivity contribution in [1.29, 1.82) is 0 Å². The van der Waals surface area contributed by atoms with Crippen LogP contribution in [0.4, 0.5) is 0 Å². The van der Waals surface area contributed by atoms with Gasteiger partial charge in [-0.25, -0.2) is 0 Å². The molecule has 1 heterocycles. The lowest BCUT2D eigenvalue weighted by Gasteiger charge is -1.96. The van der Waals surface area contributed by atoms with Crippen molar-refractivity contribution in [3.63, 3.8) is 0 Å². The van der Waals surface area contributed by atoms with Crippen molar-refractivity contribution in [2.45, 2.75) is 13.0 Å². The summed E-state index contributed by atoms with van der Waals surface area (Å²) >= 11 is 5.96. The van der Waals surface area contributed by atoms with Crippen LogP contribution in [0.25, 0.3) is 11.4 Å². The summed E-state index contributed by atoms with van der Waals surface area (Å²) in [6, 6.07) is 7.19. The SMILES string of the molecule is C[C@H](O)c1nc(-c2ccccc2Cl)no1. The third kappa shape index (κ3) is 2.00. The first-order valence-electron chi connectivity index (χ1n) is 4.45. The fourth-order valence-electron chi connectivity index (χ4n) is 1.16. The van der Waals surface area contributed by atoms with E-state index in [0.717, 1.165) is 0 Å². The summed E-state index contributed by atoms with van der Waals surface area (Å²) in [5.74, 6) is 0.571. The molecule has 1 aromatic heterocycles. The van der Waals surface area contributed by atoms with Gasteiger partial charge in [-0.1, -0.05) is 28.9 Å². The van der Waals surface area contributed by atoms with E-state index in [1.807, 2.05) is 12.1 Å². The van der Waals surface area contributed by atoms with Crippen LogP contribution in [-0.4, -0.2) is 15.2 Å². The lowest BCUT2D eigenvalue weighted by atomic mass is 10.2. The molecule has 1 atom stereocenters. The zero-order valence-electron chi connectivity index (χ0n) is 8.01. The number of halogens is 1. The lowest BCUT2D eigenvalue weighted by molar-refractivity contribution is 0.152. The Bertz CT molecular complexity index is 468. The van der Waals surface area contributed by atoms with Crippen LogP contribution >= 0.6 is 11.6 Å². The van der Waals surface area contributed by atoms with Gasteiger partial charge in [-0.3, -0.25) is 0 Å². The number of nitrogens with zero attached hydrogens (tertiary/aromatic N) is 2. The molecule has 4 nitrogen and oxygen atoms in total. The second kappa shape index (κ2) is 4.00. The predicted octanol–water partition coefficient (Wildman–Crippen LogP) is 2.44. The number of aliphatic hydroxyl groups is 1. The van der Waals surface area contributed by atoms with Crippen molar-refractivity contribution in [3.8, 4) is 11.4 Å². The summed E-state index contributed by atoms with van der Waals surface area (Å²) in [4.78, 5) is 4.03. The summed E-state index contributed by atoms with van der Waals surface area (Å²) in [5, 5.41) is 13.5. The highest BCUT2D eigenvalue weighted by atomic mass is 35.5. The summed E-state index contributed by atoms with van der Waals surface area (Å²) in [7, 11) is 0. The quantitative estimate of drug-likeness (QED) is 0.851. The van der Waals surface area contributed by atoms with Crippen LogP contribution in [0.15, 0.2) is 28.8 Å². The van der Waals surface area contributed by atoms with Crippen LogP contribution in [0, 0.1) is 0 Å². The van der Waals surface area contributed by atoms with Gasteiger partial charge in [0.15, 0.2) is 0 Å². The van der Waals surface area contributed by atoms with Gasteiger partial charge in [0.2, 0.25) is 5.82 Å². The minimum Gasteiger partial charge on any atom is -0.384 e. The minimum atomic E-state index is -0.770. The van der Waals surface area contributed by atoms with Crippen LogP contribution in [0.2, 0.25) is 5.02 Å². The van der Waals surface area contributed by atoms with E-state index in [2.05, 4.69) is 10.1 Å². The first-order chi connectivity index (χ1) is 7.18. The van der Waals surface area contributed by atoms with Crippen LogP contribution in [0.3, 0.4) is 0 Å². The Hall–Kier alpha value is -1.39. The zero-order valence-corrected chi connectivity index (χ0v) is 8.77. The normalized spacial score (nSPS) is 12.7. The first kappa shape index (κ1) is 10.1. The predicted molar refractivity (Wildman–Crippen MR) is 55.4 cm³/mol. The molecule has 5 heteroatoms. The third-order valence-electron chi connectivity index (χ3n) is 1.91. The average molecular weight is 225 g/mol. The van der Waals surface area contributed by atoms with E-state index < -0.39 is 6.10 Å². The number of benzene rings is 1. The van der Waals surface area contributed by atoms with E-state index >= 15 is 0 Å². The van der Waals surface area contributed by atoms with E-state index in [1.54, 1.807) is 19.1 Å². The maximum Gasteiger partial charge on any atom is 0.255 e. The molecule has 0 aliphatic heterocycles. The Morgan fingerprint density at radius 2 is 2.13 bits per heavy atom. The molecule has 0 fully saturated rings. The molecule has 2 rings (SSSR count). The second-order valence-electron chi connectivity index (χ2n) is 3.11. The largest absolute Gasteiger partial charge is 0.384 e. The van der Waals surface area contributed by atoms with Crippen LogP contribution in [0.1, 0.15) is 18.9 Å². The maximum atomic E-state index is 9.22. The van der Waals surface area contributed by atoms with Crippen molar-refractivity contribution in [2.24, 2.45) is 0 Å². The Morgan fingerprint density at radius 3 is 2.73 bits per heavy atom. The monoisotopic (exact) mass is 224 g/mol. The summed E-state index contributed by atoms with van der Waals surface area (Å²) in [6.07, 6.45) is -0.770. The molecule has 0 saturated carbocycles. The van der Waals surface area contributed by atoms with Gasteiger partial charge in [-0.05, 0) is 19.1 Å². The number of rotatable bonds is 2. The maximum absolute atomic E-state index is 9.22. The molecule has 15 heavy (non-hydrogen) atoms. The molecule has 0 radical (unpaired) electrons. The van der Waals surface area contributed by atoms with Crippen LogP contribution < -0.4 is 0 Å². The van der Waals surface area contributed by atoms with Crippen LogP contribution in [-0.2, 0) is 0 Å². The molecule has 0 saturated heterocycles. The molecule has 1 aromatic carbocycles. The number of hydrogen-bond donors (Lipinski definition) is 1. The van der Waals surface area contributed by atoms with Gasteiger partial charge in [0.05, 0.1) is 5.02 Å². The Morgan fingerprint density at radius 1 is 1.40 bits per heavy atom. The fourth-order valence-corrected chi connectivity index (χ4v) is 1.38. The highest BCUT2D eigenvalue weighted by Crippen LogP contribution is 2.25. The number of aromatic nitrogens is 2. The van der Waals surface area contributed by atoms with Crippen molar-refractivity contribution in [1.82, 2.24) is 10.1 Å². The van der Waals surface area contributed by atoms with E-state index in [0.29, 0.717) is 16.4 Å². The van der Waals surface area contributed by atoms with Gasteiger partial charge >= 0.3 is 0 Å². The standard InChI is InChI=1S/C10H9ClN2O2/c1-6(14)10-12-9(13-15-10)7-4-2-3-5-8(7)11/h2-6,14H,1H3/t6-/m0/s1. The Balaban J connectivity index is 2.42. The Labute approximate surface area is 91.5 Å².